The van der Waals surface area contributed by atoms with Gasteiger partial charge in [-0.2, -0.15) is 9.78 Å². The zero-order valence-electron chi connectivity index (χ0n) is 18.4. The van der Waals surface area contributed by atoms with E-state index in [1.165, 1.54) is 16.0 Å². The monoisotopic (exact) mass is 492 g/mol. The molecule has 0 aliphatic carbocycles. The first-order valence-corrected chi connectivity index (χ1v) is 12.0. The number of rotatable bonds is 4. The second-order valence-corrected chi connectivity index (χ2v) is 9.20. The molecule has 0 atom stereocenters. The van der Waals surface area contributed by atoms with Crippen molar-refractivity contribution in [2.45, 2.75) is 6.92 Å². The lowest BCUT2D eigenvalue weighted by Crippen LogP contribution is -2.49. The molecule has 1 aromatic carbocycles. The number of hydrogen-bond acceptors (Lipinski definition) is 7. The normalized spacial score (nSPS) is 13.8. The fraction of sp³-hybridized carbons (Fsp3) is 0.208. The number of pyridine rings is 1. The summed E-state index contributed by atoms with van der Waals surface area (Å²) in [5.41, 5.74) is 2.33. The Kier molecular flexibility index (Phi) is 6.12. The van der Waals surface area contributed by atoms with Gasteiger partial charge in [-0.3, -0.25) is 14.6 Å². The lowest BCUT2D eigenvalue weighted by Gasteiger charge is -2.36. The number of nitrogens with zero attached hydrogens (tertiary/aromatic N) is 6. The van der Waals surface area contributed by atoms with Gasteiger partial charge in [0, 0.05) is 32.4 Å². The van der Waals surface area contributed by atoms with Crippen LogP contribution in [0.2, 0.25) is 5.02 Å². The summed E-state index contributed by atoms with van der Waals surface area (Å²) in [5.74, 6) is -0.0412. The Hall–Kier alpha value is -3.56. The van der Waals surface area contributed by atoms with Crippen molar-refractivity contribution in [1.82, 2.24) is 24.6 Å². The van der Waals surface area contributed by atoms with Gasteiger partial charge in [-0.05, 0) is 31.2 Å². The molecule has 1 saturated heterocycles. The topological polar surface area (TPSA) is 84.2 Å². The second-order valence-electron chi connectivity index (χ2n) is 7.82. The number of halogens is 1. The van der Waals surface area contributed by atoms with Crippen LogP contribution in [0.4, 0.5) is 5.69 Å². The van der Waals surface area contributed by atoms with Crippen LogP contribution in [0.25, 0.3) is 16.4 Å². The molecule has 3 aromatic heterocycles. The molecule has 8 nitrogen and oxygen atoms in total. The van der Waals surface area contributed by atoms with E-state index >= 15 is 0 Å². The maximum atomic E-state index is 13.2. The number of amides is 1. The van der Waals surface area contributed by atoms with Gasteiger partial charge in [0.25, 0.3) is 11.5 Å². The van der Waals surface area contributed by atoms with Gasteiger partial charge in [0.1, 0.15) is 14.9 Å². The Morgan fingerprint density at radius 3 is 2.47 bits per heavy atom. The van der Waals surface area contributed by atoms with Crippen molar-refractivity contribution in [3.05, 3.63) is 86.9 Å². The maximum Gasteiger partial charge on any atom is 0.292 e. The summed E-state index contributed by atoms with van der Waals surface area (Å²) >= 11 is 7.81. The van der Waals surface area contributed by atoms with Crippen LogP contribution in [0.1, 0.15) is 15.4 Å². The highest BCUT2D eigenvalue weighted by Crippen LogP contribution is 2.28. The quantitative estimate of drug-likeness (QED) is 0.432. The molecule has 34 heavy (non-hydrogen) atoms. The van der Waals surface area contributed by atoms with E-state index in [1.807, 2.05) is 53.1 Å². The number of thiazole rings is 1. The Labute approximate surface area is 205 Å². The number of carbonyl (C=O) groups excluding carboxylic acids is 1. The SMILES string of the molecule is Cc1nc(-c2ccccn2)sc1C(=O)N1CCN(c2cnn(-c3ccccc3)c(=O)c2Cl)CC1. The number of aromatic nitrogens is 4. The van der Waals surface area contributed by atoms with E-state index in [2.05, 4.69) is 15.1 Å². The number of aryl methyl sites for hydroxylation is 1. The number of benzene rings is 1. The molecule has 0 bridgehead atoms. The molecule has 0 radical (unpaired) electrons. The van der Waals surface area contributed by atoms with Crippen molar-refractivity contribution >= 4 is 34.5 Å². The third-order valence-corrected chi connectivity index (χ3v) is 7.21. The van der Waals surface area contributed by atoms with Crippen LogP contribution in [0, 0.1) is 6.92 Å². The first kappa shape index (κ1) is 22.2. The number of hydrogen-bond donors (Lipinski definition) is 0. The largest absolute Gasteiger partial charge is 0.365 e. The van der Waals surface area contributed by atoms with Gasteiger partial charge in [-0.15, -0.1) is 11.3 Å². The smallest absolute Gasteiger partial charge is 0.292 e. The fourth-order valence-corrected chi connectivity index (χ4v) is 5.14. The summed E-state index contributed by atoms with van der Waals surface area (Å²) in [6, 6.07) is 14.8. The van der Waals surface area contributed by atoms with Crippen molar-refractivity contribution in [2.75, 3.05) is 31.1 Å². The van der Waals surface area contributed by atoms with Crippen LogP contribution >= 0.6 is 22.9 Å². The zero-order valence-corrected chi connectivity index (χ0v) is 20.0. The van der Waals surface area contributed by atoms with E-state index < -0.39 is 0 Å². The second kappa shape index (κ2) is 9.36. The predicted molar refractivity (Wildman–Crippen MR) is 133 cm³/mol. The molecular formula is C24H21ClN6O2S. The van der Waals surface area contributed by atoms with Crippen molar-refractivity contribution in [3.63, 3.8) is 0 Å². The lowest BCUT2D eigenvalue weighted by atomic mass is 10.2. The zero-order chi connectivity index (χ0) is 23.7. The Bertz CT molecular complexity index is 1380. The van der Waals surface area contributed by atoms with Gasteiger partial charge >= 0.3 is 0 Å². The first-order valence-electron chi connectivity index (χ1n) is 10.8. The number of para-hydroxylation sites is 1. The van der Waals surface area contributed by atoms with Crippen LogP contribution in [0.5, 0.6) is 0 Å². The van der Waals surface area contributed by atoms with E-state index in [0.717, 1.165) is 10.7 Å². The molecule has 0 N–H and O–H groups in total. The van der Waals surface area contributed by atoms with Crippen LogP contribution in [0.15, 0.2) is 65.7 Å². The molecule has 10 heteroatoms. The first-order chi connectivity index (χ1) is 16.5. The molecule has 4 heterocycles. The Morgan fingerprint density at radius 2 is 1.76 bits per heavy atom. The minimum atomic E-state index is -0.369. The minimum absolute atomic E-state index is 0.0412. The standard InChI is InChI=1S/C24H21ClN6O2S/c1-16-21(34-22(28-16)18-9-5-6-10-26-18)24(33)30-13-11-29(12-14-30)19-15-27-31(23(32)20(19)25)17-7-3-2-4-8-17/h2-10,15H,11-14H2,1H3. The molecule has 172 valence electrons. The summed E-state index contributed by atoms with van der Waals surface area (Å²) in [7, 11) is 0. The number of carbonyl (C=O) groups is 1. The molecule has 1 amide bonds. The predicted octanol–water partition coefficient (Wildman–Crippen LogP) is 3.68. The van der Waals surface area contributed by atoms with Crippen molar-refractivity contribution < 1.29 is 4.79 Å². The van der Waals surface area contributed by atoms with Gasteiger partial charge in [-0.1, -0.05) is 35.9 Å². The maximum absolute atomic E-state index is 13.2. The summed E-state index contributed by atoms with van der Waals surface area (Å²) in [6.45, 7) is 3.96. The van der Waals surface area contributed by atoms with Crippen LogP contribution < -0.4 is 10.5 Å². The number of piperazine rings is 1. The molecule has 0 saturated carbocycles. The number of anilines is 1. The molecule has 1 fully saturated rings. The van der Waals surface area contributed by atoms with Crippen LogP contribution in [-0.2, 0) is 0 Å². The van der Waals surface area contributed by atoms with Crippen LogP contribution in [0.3, 0.4) is 0 Å². The third kappa shape index (κ3) is 4.20. The van der Waals surface area contributed by atoms with Gasteiger partial charge < -0.3 is 9.80 Å². The molecule has 0 spiro atoms. The molecule has 0 unspecified atom stereocenters. The average Bonchev–Trinajstić information content (AvgIpc) is 3.28. The van der Waals surface area contributed by atoms with Crippen molar-refractivity contribution in [3.8, 4) is 16.4 Å². The van der Waals surface area contributed by atoms with Crippen molar-refractivity contribution in [2.24, 2.45) is 0 Å². The summed E-state index contributed by atoms with van der Waals surface area (Å²) in [4.78, 5) is 39.3. The van der Waals surface area contributed by atoms with E-state index in [9.17, 15) is 9.59 Å². The summed E-state index contributed by atoms with van der Waals surface area (Å²) in [6.07, 6.45) is 3.33. The Morgan fingerprint density at radius 1 is 1.03 bits per heavy atom. The molecular weight excluding hydrogens is 472 g/mol. The van der Waals surface area contributed by atoms with Gasteiger partial charge in [0.05, 0.1) is 29.0 Å². The third-order valence-electron chi connectivity index (χ3n) is 5.68. The Balaban J connectivity index is 1.30. The van der Waals surface area contributed by atoms with Gasteiger partial charge in [0.15, 0.2) is 0 Å². The van der Waals surface area contributed by atoms with Crippen molar-refractivity contribution in [1.29, 1.82) is 0 Å². The minimum Gasteiger partial charge on any atom is -0.365 e. The van der Waals surface area contributed by atoms with E-state index in [-0.39, 0.29) is 16.5 Å². The summed E-state index contributed by atoms with van der Waals surface area (Å²) in [5, 5.41) is 5.17. The van der Waals surface area contributed by atoms with Crippen LogP contribution in [-0.4, -0.2) is 56.7 Å². The van der Waals surface area contributed by atoms with E-state index in [0.29, 0.717) is 48.1 Å². The fourth-order valence-electron chi connectivity index (χ4n) is 3.89. The molecule has 1 aliphatic heterocycles. The molecule has 1 aliphatic rings. The molecule has 5 rings (SSSR count). The lowest BCUT2D eigenvalue weighted by molar-refractivity contribution is 0.0750. The van der Waals surface area contributed by atoms with E-state index in [4.69, 9.17) is 11.6 Å². The highest BCUT2D eigenvalue weighted by molar-refractivity contribution is 7.17. The highest BCUT2D eigenvalue weighted by atomic mass is 35.5. The van der Waals surface area contributed by atoms with Gasteiger partial charge in [0.2, 0.25) is 0 Å². The highest BCUT2D eigenvalue weighted by Gasteiger charge is 2.27. The molecule has 4 aromatic rings. The average molecular weight is 493 g/mol. The summed E-state index contributed by atoms with van der Waals surface area (Å²) < 4.78 is 1.29. The van der Waals surface area contributed by atoms with E-state index in [1.54, 1.807) is 24.5 Å². The van der Waals surface area contributed by atoms with Gasteiger partial charge in [-0.25, -0.2) is 4.98 Å².